The highest BCUT2D eigenvalue weighted by Gasteiger charge is 2.43. The zero-order chi connectivity index (χ0) is 40.4. The topological polar surface area (TPSA) is 181 Å². The Kier molecular flexibility index (Phi) is 17.8. The van der Waals surface area contributed by atoms with Crippen LogP contribution in [0.3, 0.4) is 0 Å². The number of methoxy groups -OCH3 is 2. The summed E-state index contributed by atoms with van der Waals surface area (Å²) in [5.74, 6) is -2.62. The summed E-state index contributed by atoms with van der Waals surface area (Å²) in [5.41, 5.74) is 6.38. The summed E-state index contributed by atoms with van der Waals surface area (Å²) in [6, 6.07) is 3.76. The molecule has 302 valence electrons. The number of ether oxygens (including phenoxy) is 2. The van der Waals surface area contributed by atoms with Gasteiger partial charge in [0, 0.05) is 34.4 Å². The quantitative estimate of drug-likeness (QED) is 0.179. The molecule has 1 aromatic carbocycles. The average molecular weight is 767 g/mol. The van der Waals surface area contributed by atoms with Gasteiger partial charge in [0.1, 0.15) is 6.04 Å². The van der Waals surface area contributed by atoms with Gasteiger partial charge in [-0.3, -0.25) is 24.1 Å². The highest BCUT2D eigenvalue weighted by Crippen LogP contribution is 2.30. The lowest BCUT2D eigenvalue weighted by Crippen LogP contribution is -2.59. The normalized spacial score (nSPS) is 19.0. The van der Waals surface area contributed by atoms with Crippen LogP contribution in [0.2, 0.25) is 0 Å². The third-order valence-electron chi connectivity index (χ3n) is 10.6. The Labute approximate surface area is 317 Å². The summed E-state index contributed by atoms with van der Waals surface area (Å²) < 4.78 is 40.0. The number of likely N-dealkylation sites (tertiary alicyclic amines) is 1. The SMILES string of the molecule is CC[C@H](C)[C@@H]([C@@H](CC(=O)N1CCC[C@H]1[C@H](OC)[C@@H](C)C(=O)NS(=O)(=O)c1ccc(CN)cc1)OC)N(C)C(=O)[C@@H](NC(=O)C(C(C)C)N(C)C)C(C)C. The van der Waals surface area contributed by atoms with Crippen molar-refractivity contribution in [2.24, 2.45) is 29.4 Å². The molecule has 0 saturated carbocycles. The third kappa shape index (κ3) is 11.7. The van der Waals surface area contributed by atoms with Gasteiger partial charge in [-0.2, -0.15) is 0 Å². The number of carbonyl (C=O) groups is 4. The Hall–Kier alpha value is -3.11. The summed E-state index contributed by atoms with van der Waals surface area (Å²) >= 11 is 0. The van der Waals surface area contributed by atoms with Crippen molar-refractivity contribution in [2.75, 3.05) is 41.9 Å². The van der Waals surface area contributed by atoms with E-state index in [1.165, 1.54) is 26.4 Å². The summed E-state index contributed by atoms with van der Waals surface area (Å²) in [6.07, 6.45) is 0.411. The van der Waals surface area contributed by atoms with Crippen molar-refractivity contribution in [3.05, 3.63) is 29.8 Å². The summed E-state index contributed by atoms with van der Waals surface area (Å²) in [4.78, 5) is 60.1. The fourth-order valence-electron chi connectivity index (χ4n) is 7.50. The maximum atomic E-state index is 14.2. The molecule has 0 aliphatic carbocycles. The smallest absolute Gasteiger partial charge is 0.264 e. The van der Waals surface area contributed by atoms with Crippen molar-refractivity contribution in [2.45, 2.75) is 122 Å². The molecule has 1 aliphatic rings. The van der Waals surface area contributed by atoms with E-state index in [0.717, 1.165) is 5.56 Å². The predicted molar refractivity (Wildman–Crippen MR) is 205 cm³/mol. The number of rotatable bonds is 20. The molecule has 15 heteroatoms. The molecule has 4 N–H and O–H groups in total. The highest BCUT2D eigenvalue weighted by molar-refractivity contribution is 7.90. The van der Waals surface area contributed by atoms with Gasteiger partial charge in [0.05, 0.1) is 47.6 Å². The van der Waals surface area contributed by atoms with Gasteiger partial charge < -0.3 is 30.3 Å². The van der Waals surface area contributed by atoms with E-state index in [1.807, 2.05) is 60.5 Å². The molecule has 0 radical (unpaired) electrons. The lowest BCUT2D eigenvalue weighted by atomic mass is 9.89. The van der Waals surface area contributed by atoms with Crippen LogP contribution in [0.1, 0.15) is 79.7 Å². The van der Waals surface area contributed by atoms with Crippen molar-refractivity contribution in [3.63, 3.8) is 0 Å². The van der Waals surface area contributed by atoms with Gasteiger partial charge in [-0.1, -0.05) is 67.0 Å². The Morgan fingerprint density at radius 1 is 0.943 bits per heavy atom. The van der Waals surface area contributed by atoms with Crippen LogP contribution >= 0.6 is 0 Å². The van der Waals surface area contributed by atoms with Crippen LogP contribution in [-0.4, -0.2) is 125 Å². The molecule has 0 aromatic heterocycles. The number of nitrogens with zero attached hydrogens (tertiary/aromatic N) is 3. The number of hydrogen-bond donors (Lipinski definition) is 3. The first-order chi connectivity index (χ1) is 24.8. The molecular formula is C38H66N6O8S. The fraction of sp³-hybridized carbons (Fsp3) is 0.737. The molecular weight excluding hydrogens is 701 g/mol. The van der Waals surface area contributed by atoms with Gasteiger partial charge in [0.25, 0.3) is 10.0 Å². The van der Waals surface area contributed by atoms with Gasteiger partial charge in [-0.15, -0.1) is 0 Å². The minimum absolute atomic E-state index is 0.0274. The van der Waals surface area contributed by atoms with E-state index in [-0.39, 0.29) is 53.3 Å². The number of nitrogens with one attached hydrogen (secondary N) is 2. The number of carbonyl (C=O) groups excluding carboxylic acids is 4. The molecule has 8 atom stereocenters. The number of benzene rings is 1. The predicted octanol–water partition coefficient (Wildman–Crippen LogP) is 2.60. The van der Waals surface area contributed by atoms with Crippen molar-refractivity contribution >= 4 is 33.7 Å². The Morgan fingerprint density at radius 3 is 2.02 bits per heavy atom. The first-order valence-electron chi connectivity index (χ1n) is 18.7. The molecule has 53 heavy (non-hydrogen) atoms. The number of likely N-dealkylation sites (N-methyl/N-ethyl adjacent to an activating group) is 2. The van der Waals surface area contributed by atoms with Crippen LogP contribution in [0.15, 0.2) is 29.2 Å². The van der Waals surface area contributed by atoms with Crippen molar-refractivity contribution in [1.29, 1.82) is 0 Å². The summed E-state index contributed by atoms with van der Waals surface area (Å²) in [6.45, 7) is 14.0. The molecule has 0 bridgehead atoms. The summed E-state index contributed by atoms with van der Waals surface area (Å²) in [7, 11) is 4.18. The molecule has 0 spiro atoms. The van der Waals surface area contributed by atoms with E-state index in [9.17, 15) is 27.6 Å². The molecule has 1 fully saturated rings. The number of hydrogen-bond acceptors (Lipinski definition) is 10. The van der Waals surface area contributed by atoms with E-state index >= 15 is 0 Å². The molecule has 1 unspecified atom stereocenters. The molecule has 1 saturated heterocycles. The average Bonchev–Trinajstić information content (AvgIpc) is 3.59. The maximum absolute atomic E-state index is 14.2. The third-order valence-corrected chi connectivity index (χ3v) is 12.0. The molecule has 1 aromatic rings. The van der Waals surface area contributed by atoms with E-state index in [4.69, 9.17) is 15.2 Å². The molecule has 1 aliphatic heterocycles. The van der Waals surface area contributed by atoms with E-state index < -0.39 is 58.2 Å². The van der Waals surface area contributed by atoms with Crippen molar-refractivity contribution < 1.29 is 37.1 Å². The van der Waals surface area contributed by atoms with E-state index in [0.29, 0.717) is 25.8 Å². The zero-order valence-corrected chi connectivity index (χ0v) is 34.7. The van der Waals surface area contributed by atoms with E-state index in [1.54, 1.807) is 35.9 Å². The van der Waals surface area contributed by atoms with Gasteiger partial charge >= 0.3 is 0 Å². The lowest BCUT2D eigenvalue weighted by Gasteiger charge is -2.41. The van der Waals surface area contributed by atoms with Crippen LogP contribution < -0.4 is 15.8 Å². The zero-order valence-electron chi connectivity index (χ0n) is 33.9. The summed E-state index contributed by atoms with van der Waals surface area (Å²) in [5, 5.41) is 3.01. The molecule has 14 nitrogen and oxygen atoms in total. The minimum atomic E-state index is -4.16. The Bertz CT molecular complexity index is 1460. The minimum Gasteiger partial charge on any atom is -0.379 e. The standard InChI is InChI=1S/C38H66N6O8S/c1-13-25(6)34(43(10)38(48)32(23(2)3)40-37(47)33(24(4)5)42(8)9)30(51-11)21-31(45)44-20-14-15-29(44)35(52-12)26(7)36(46)41-53(49,50)28-18-16-27(22-39)17-19-28/h16-19,23-26,29-30,32-35H,13-15,20-22,39H2,1-12H3,(H,40,47)(H,41,46)/t25-,26+,29-,30+,32-,33?,34-,35+/m0/s1. The van der Waals surface area contributed by atoms with Crippen LogP contribution in [0.5, 0.6) is 0 Å². The van der Waals surface area contributed by atoms with Gasteiger partial charge in [0.15, 0.2) is 0 Å². The largest absolute Gasteiger partial charge is 0.379 e. The van der Waals surface area contributed by atoms with E-state index in [2.05, 4.69) is 10.0 Å². The van der Waals surface area contributed by atoms with Crippen molar-refractivity contribution in [3.8, 4) is 0 Å². The number of amides is 4. The second-order valence-electron chi connectivity index (χ2n) is 15.3. The van der Waals surface area contributed by atoms with Crippen LogP contribution in [0, 0.1) is 23.7 Å². The van der Waals surface area contributed by atoms with Gasteiger partial charge in [-0.25, -0.2) is 13.1 Å². The highest BCUT2D eigenvalue weighted by atomic mass is 32.2. The first kappa shape index (κ1) is 46.0. The second-order valence-corrected chi connectivity index (χ2v) is 17.0. The van der Waals surface area contributed by atoms with Gasteiger partial charge in [-0.05, 0) is 62.4 Å². The second kappa shape index (κ2) is 20.5. The van der Waals surface area contributed by atoms with Crippen molar-refractivity contribution in [1.82, 2.24) is 24.7 Å². The lowest BCUT2D eigenvalue weighted by molar-refractivity contribution is -0.148. The maximum Gasteiger partial charge on any atom is 0.264 e. The number of sulfonamides is 1. The van der Waals surface area contributed by atoms with Crippen LogP contribution in [0.4, 0.5) is 0 Å². The van der Waals surface area contributed by atoms with Crippen LogP contribution in [0.25, 0.3) is 0 Å². The molecule has 2 rings (SSSR count). The first-order valence-corrected chi connectivity index (χ1v) is 20.2. The number of nitrogens with two attached hydrogens (primary N) is 1. The van der Waals surface area contributed by atoms with Gasteiger partial charge in [0.2, 0.25) is 23.6 Å². The Morgan fingerprint density at radius 2 is 1.55 bits per heavy atom. The fourth-order valence-corrected chi connectivity index (χ4v) is 8.56. The monoisotopic (exact) mass is 766 g/mol. The van der Waals surface area contributed by atoms with Crippen LogP contribution in [-0.2, 0) is 45.2 Å². The Balaban J connectivity index is 2.29. The molecule has 4 amide bonds. The molecule has 1 heterocycles.